The van der Waals surface area contributed by atoms with E-state index < -0.39 is 0 Å². The maximum Gasteiger partial charge on any atom is 0.0653 e. The average molecular weight is 131 g/mol. The van der Waals surface area contributed by atoms with Gasteiger partial charge < -0.3 is 5.11 Å². The molecule has 0 aromatic heterocycles. The monoisotopic (exact) mass is 131 g/mol. The Morgan fingerprint density at radius 2 is 2.56 bits per heavy atom. The molecule has 1 rings (SSSR count). The lowest BCUT2D eigenvalue weighted by molar-refractivity contribution is 0.116. The third-order valence-electron chi connectivity index (χ3n) is 1.21. The molecule has 1 atom stereocenters. The van der Waals surface area contributed by atoms with Crippen LogP contribution in [0.5, 0.6) is 0 Å². The van der Waals surface area contributed by atoms with Crippen LogP contribution < -0.4 is 10.7 Å². The van der Waals surface area contributed by atoms with Crippen LogP contribution in [0.1, 0.15) is 6.92 Å². The Balaban J connectivity index is 2.11. The summed E-state index contributed by atoms with van der Waals surface area (Å²) in [6.07, 6.45) is -0.252. The van der Waals surface area contributed by atoms with Crippen molar-refractivity contribution in [2.45, 2.75) is 13.0 Å². The molecule has 0 amide bonds. The first kappa shape index (κ1) is 6.95. The third-order valence-corrected chi connectivity index (χ3v) is 1.21. The second kappa shape index (κ2) is 3.12. The molecule has 0 aromatic rings. The number of hydrogen-bond acceptors (Lipinski definition) is 4. The summed E-state index contributed by atoms with van der Waals surface area (Å²) in [5.74, 6) is 0. The summed E-state index contributed by atoms with van der Waals surface area (Å²) in [7, 11) is 0. The third kappa shape index (κ3) is 2.28. The van der Waals surface area contributed by atoms with E-state index in [2.05, 4.69) is 10.7 Å². The normalized spacial score (nSPS) is 24.7. The molecule has 9 heavy (non-hydrogen) atoms. The molecule has 0 saturated carbocycles. The summed E-state index contributed by atoms with van der Waals surface area (Å²) < 4.78 is 0. The van der Waals surface area contributed by atoms with Crippen molar-refractivity contribution in [3.05, 3.63) is 0 Å². The van der Waals surface area contributed by atoms with E-state index in [0.717, 1.165) is 13.3 Å². The van der Waals surface area contributed by atoms with Crippen LogP contribution in [0.25, 0.3) is 0 Å². The van der Waals surface area contributed by atoms with E-state index in [4.69, 9.17) is 5.11 Å². The summed E-state index contributed by atoms with van der Waals surface area (Å²) >= 11 is 0. The SMILES string of the molecule is CC(O)CN1CNCN1. The average Bonchev–Trinajstić information content (AvgIpc) is 2.15. The van der Waals surface area contributed by atoms with Gasteiger partial charge >= 0.3 is 0 Å². The first-order chi connectivity index (χ1) is 4.29. The van der Waals surface area contributed by atoms with Gasteiger partial charge in [-0.05, 0) is 6.92 Å². The highest BCUT2D eigenvalue weighted by molar-refractivity contribution is 4.59. The number of nitrogens with zero attached hydrogens (tertiary/aromatic N) is 1. The van der Waals surface area contributed by atoms with Gasteiger partial charge in [0.25, 0.3) is 0 Å². The van der Waals surface area contributed by atoms with Crippen molar-refractivity contribution >= 4 is 0 Å². The number of aliphatic hydroxyl groups is 1. The fraction of sp³-hybridized carbons (Fsp3) is 1.00. The molecule has 1 fully saturated rings. The maximum absolute atomic E-state index is 8.90. The van der Waals surface area contributed by atoms with Gasteiger partial charge in [-0.3, -0.25) is 5.32 Å². The van der Waals surface area contributed by atoms with Gasteiger partial charge in [-0.25, -0.2) is 10.4 Å². The lowest BCUT2D eigenvalue weighted by Gasteiger charge is -2.14. The second-order valence-electron chi connectivity index (χ2n) is 2.31. The maximum atomic E-state index is 8.90. The van der Waals surface area contributed by atoms with Crippen LogP contribution in [0, 0.1) is 0 Å². The van der Waals surface area contributed by atoms with E-state index >= 15 is 0 Å². The predicted octanol–water partition coefficient (Wildman–Crippen LogP) is -1.31. The van der Waals surface area contributed by atoms with E-state index in [1.54, 1.807) is 6.92 Å². The zero-order valence-electron chi connectivity index (χ0n) is 5.59. The number of β-amino-alcohol motifs (C(OH)–C–C–N with tert-alkyl or cyclic N) is 1. The number of hydrogen-bond donors (Lipinski definition) is 3. The van der Waals surface area contributed by atoms with Crippen molar-refractivity contribution in [2.75, 3.05) is 19.9 Å². The zero-order chi connectivity index (χ0) is 6.69. The predicted molar refractivity (Wildman–Crippen MR) is 34.4 cm³/mol. The molecule has 1 heterocycles. The van der Waals surface area contributed by atoms with Crippen molar-refractivity contribution in [1.29, 1.82) is 0 Å². The van der Waals surface area contributed by atoms with Crippen LogP contribution in [0.15, 0.2) is 0 Å². The van der Waals surface area contributed by atoms with E-state index in [-0.39, 0.29) is 6.10 Å². The van der Waals surface area contributed by atoms with Gasteiger partial charge in [-0.2, -0.15) is 0 Å². The molecule has 4 heteroatoms. The molecule has 0 aliphatic carbocycles. The minimum atomic E-state index is -0.252. The Labute approximate surface area is 54.8 Å². The largest absolute Gasteiger partial charge is 0.392 e. The van der Waals surface area contributed by atoms with Crippen LogP contribution in [0.4, 0.5) is 0 Å². The molecule has 1 aliphatic rings. The van der Waals surface area contributed by atoms with E-state index in [9.17, 15) is 0 Å². The van der Waals surface area contributed by atoms with Crippen LogP contribution in [-0.4, -0.2) is 36.1 Å². The van der Waals surface area contributed by atoms with Gasteiger partial charge in [0.15, 0.2) is 0 Å². The lowest BCUT2D eigenvalue weighted by Crippen LogP contribution is -2.36. The van der Waals surface area contributed by atoms with Gasteiger partial charge in [0.05, 0.1) is 19.4 Å². The summed E-state index contributed by atoms with van der Waals surface area (Å²) in [6, 6.07) is 0. The van der Waals surface area contributed by atoms with Gasteiger partial charge in [0.1, 0.15) is 0 Å². The minimum absolute atomic E-state index is 0.252. The molecule has 0 bridgehead atoms. The van der Waals surface area contributed by atoms with E-state index in [1.807, 2.05) is 5.01 Å². The quantitative estimate of drug-likeness (QED) is 0.435. The molecule has 1 unspecified atom stereocenters. The van der Waals surface area contributed by atoms with Crippen molar-refractivity contribution < 1.29 is 5.11 Å². The van der Waals surface area contributed by atoms with Crippen LogP contribution in [-0.2, 0) is 0 Å². The molecule has 4 nitrogen and oxygen atoms in total. The second-order valence-corrected chi connectivity index (χ2v) is 2.31. The van der Waals surface area contributed by atoms with Crippen molar-refractivity contribution in [3.63, 3.8) is 0 Å². The Hall–Kier alpha value is -0.160. The molecule has 0 radical (unpaired) electrons. The fourth-order valence-electron chi connectivity index (χ4n) is 0.863. The van der Waals surface area contributed by atoms with Crippen LogP contribution in [0.3, 0.4) is 0 Å². The Bertz CT molecular complexity index is 80.3. The van der Waals surface area contributed by atoms with Gasteiger partial charge in [-0.15, -0.1) is 0 Å². The van der Waals surface area contributed by atoms with Crippen molar-refractivity contribution in [2.24, 2.45) is 0 Å². The standard InChI is InChI=1S/C5H13N3O/c1-5(9)2-8-4-6-3-7-8/h5-7,9H,2-4H2,1H3. The van der Waals surface area contributed by atoms with Crippen molar-refractivity contribution in [3.8, 4) is 0 Å². The highest BCUT2D eigenvalue weighted by Gasteiger charge is 2.10. The van der Waals surface area contributed by atoms with E-state index in [1.165, 1.54) is 0 Å². The number of hydrazine groups is 1. The smallest absolute Gasteiger partial charge is 0.0653 e. The molecule has 1 aliphatic heterocycles. The fourth-order valence-corrected chi connectivity index (χ4v) is 0.863. The molecule has 54 valence electrons. The summed E-state index contributed by atoms with van der Waals surface area (Å²) in [6.45, 7) is 4.10. The van der Waals surface area contributed by atoms with Crippen molar-refractivity contribution in [1.82, 2.24) is 15.8 Å². The number of rotatable bonds is 2. The van der Waals surface area contributed by atoms with Gasteiger partial charge in [0, 0.05) is 6.54 Å². The summed E-state index contributed by atoms with van der Waals surface area (Å²) in [4.78, 5) is 0. The molecule has 0 aromatic carbocycles. The molecule has 0 spiro atoms. The van der Waals surface area contributed by atoms with Crippen LogP contribution >= 0.6 is 0 Å². The lowest BCUT2D eigenvalue weighted by atomic mass is 10.4. The topological polar surface area (TPSA) is 47.5 Å². The molecule has 1 saturated heterocycles. The minimum Gasteiger partial charge on any atom is -0.392 e. The highest BCUT2D eigenvalue weighted by Crippen LogP contribution is 1.88. The first-order valence-corrected chi connectivity index (χ1v) is 3.16. The van der Waals surface area contributed by atoms with E-state index in [0.29, 0.717) is 6.54 Å². The molecule has 3 N–H and O–H groups in total. The summed E-state index contributed by atoms with van der Waals surface area (Å²) in [5, 5.41) is 13.9. The van der Waals surface area contributed by atoms with Gasteiger partial charge in [0.2, 0.25) is 0 Å². The molecular formula is C5H13N3O. The Morgan fingerprint density at radius 1 is 1.78 bits per heavy atom. The highest BCUT2D eigenvalue weighted by atomic mass is 16.3. The van der Waals surface area contributed by atoms with Crippen LogP contribution in [0.2, 0.25) is 0 Å². The molecular weight excluding hydrogens is 118 g/mol. The number of aliphatic hydroxyl groups excluding tert-OH is 1. The van der Waals surface area contributed by atoms with Gasteiger partial charge in [-0.1, -0.05) is 0 Å². The number of nitrogens with one attached hydrogen (secondary N) is 2. The Kier molecular flexibility index (Phi) is 2.41. The zero-order valence-corrected chi connectivity index (χ0v) is 5.59. The Morgan fingerprint density at radius 3 is 3.00 bits per heavy atom. The first-order valence-electron chi connectivity index (χ1n) is 3.16. The summed E-state index contributed by atoms with van der Waals surface area (Å²) in [5.41, 5.74) is 3.05.